The molecule has 7 heteroatoms. The summed E-state index contributed by atoms with van der Waals surface area (Å²) in [5.41, 5.74) is 4.74. The van der Waals surface area contributed by atoms with Crippen LogP contribution in [0.15, 0.2) is 54.1 Å². The number of hydrogen-bond acceptors (Lipinski definition) is 5. The maximum Gasteiger partial charge on any atom is 0.270 e. The van der Waals surface area contributed by atoms with Crippen LogP contribution in [-0.4, -0.2) is 23.7 Å². The molecule has 0 spiro atoms. The van der Waals surface area contributed by atoms with Gasteiger partial charge in [0.1, 0.15) is 0 Å². The predicted octanol–water partition coefficient (Wildman–Crippen LogP) is 2.73. The number of hydrogen-bond donors (Lipinski definition) is 1. The van der Waals surface area contributed by atoms with Gasteiger partial charge in [-0.15, -0.1) is 0 Å². The lowest BCUT2D eigenvalue weighted by molar-refractivity contribution is -0.127. The van der Waals surface area contributed by atoms with Gasteiger partial charge in [0, 0.05) is 16.1 Å². The molecular weight excluding hydrogens is 356 g/mol. The van der Waals surface area contributed by atoms with E-state index in [1.165, 1.54) is 6.92 Å². The molecule has 0 aromatic heterocycles. The molecule has 2 aliphatic heterocycles. The number of fused-ring (bicyclic) bond motifs is 1. The summed E-state index contributed by atoms with van der Waals surface area (Å²) in [5, 5.41) is 0.441. The van der Waals surface area contributed by atoms with E-state index in [1.807, 2.05) is 0 Å². The van der Waals surface area contributed by atoms with Gasteiger partial charge < -0.3 is 0 Å². The molecule has 2 aliphatic rings. The largest absolute Gasteiger partial charge is 0.295 e. The standard InChI is InChI=1S/C19H13ClN2O4/c1-10(23)11-6-8-12(9-7-11)22-18(24)15-16(21-26-17(15)19(22)25)13-4-2-3-5-14(13)20/h2-9,17,21H,1H3/t17-/m0/s1. The Labute approximate surface area is 154 Å². The minimum atomic E-state index is -1.03. The Hall–Kier alpha value is -2.96. The minimum Gasteiger partial charge on any atom is -0.295 e. The molecule has 1 atom stereocenters. The van der Waals surface area contributed by atoms with Crippen molar-refractivity contribution in [2.45, 2.75) is 13.0 Å². The molecule has 1 saturated heterocycles. The van der Waals surface area contributed by atoms with Gasteiger partial charge in [-0.05, 0) is 37.3 Å². The van der Waals surface area contributed by atoms with Gasteiger partial charge in [0.15, 0.2) is 11.9 Å². The summed E-state index contributed by atoms with van der Waals surface area (Å²) in [5.74, 6) is -1.06. The van der Waals surface area contributed by atoms with Crippen molar-refractivity contribution < 1.29 is 19.2 Å². The number of imide groups is 1. The van der Waals surface area contributed by atoms with Crippen molar-refractivity contribution in [3.05, 3.63) is 70.3 Å². The number of nitrogens with one attached hydrogen (secondary N) is 1. The third kappa shape index (κ3) is 2.42. The monoisotopic (exact) mass is 368 g/mol. The van der Waals surface area contributed by atoms with Gasteiger partial charge in [0.25, 0.3) is 11.8 Å². The maximum absolute atomic E-state index is 12.9. The summed E-state index contributed by atoms with van der Waals surface area (Å²) in [6, 6.07) is 13.3. The van der Waals surface area contributed by atoms with Crippen molar-refractivity contribution >= 4 is 40.6 Å². The van der Waals surface area contributed by atoms with Crippen molar-refractivity contribution in [1.29, 1.82) is 0 Å². The summed E-state index contributed by atoms with van der Waals surface area (Å²) in [6.45, 7) is 1.45. The molecule has 2 aromatic carbocycles. The van der Waals surface area contributed by atoms with Crippen LogP contribution in [0.3, 0.4) is 0 Å². The third-order valence-electron chi connectivity index (χ3n) is 4.36. The van der Waals surface area contributed by atoms with Gasteiger partial charge in [-0.3, -0.25) is 24.7 Å². The van der Waals surface area contributed by atoms with Crippen LogP contribution in [0.2, 0.25) is 5.02 Å². The first kappa shape index (κ1) is 16.5. The van der Waals surface area contributed by atoms with E-state index in [1.54, 1.807) is 48.5 Å². The SMILES string of the molecule is CC(=O)c1ccc(N2C(=O)C3=C(c4ccccc4Cl)NO[C@@H]3C2=O)cc1. The average Bonchev–Trinajstić information content (AvgIpc) is 3.16. The van der Waals surface area contributed by atoms with E-state index in [4.69, 9.17) is 16.4 Å². The molecule has 0 aliphatic carbocycles. The van der Waals surface area contributed by atoms with Crippen LogP contribution < -0.4 is 10.4 Å². The second kappa shape index (κ2) is 6.09. The van der Waals surface area contributed by atoms with Gasteiger partial charge in [0.2, 0.25) is 0 Å². The summed E-state index contributed by atoms with van der Waals surface area (Å²) >= 11 is 6.21. The van der Waals surface area contributed by atoms with Crippen molar-refractivity contribution in [3.8, 4) is 0 Å². The molecule has 26 heavy (non-hydrogen) atoms. The van der Waals surface area contributed by atoms with E-state index in [9.17, 15) is 14.4 Å². The van der Waals surface area contributed by atoms with Crippen molar-refractivity contribution in [2.75, 3.05) is 4.90 Å². The lowest BCUT2D eigenvalue weighted by Crippen LogP contribution is -2.34. The van der Waals surface area contributed by atoms with Crippen molar-refractivity contribution in [3.63, 3.8) is 0 Å². The number of hydroxylamine groups is 1. The number of carbonyl (C=O) groups is 3. The van der Waals surface area contributed by atoms with Crippen LogP contribution in [0.1, 0.15) is 22.8 Å². The van der Waals surface area contributed by atoms with Crippen LogP contribution in [0, 0.1) is 0 Å². The zero-order chi connectivity index (χ0) is 18.4. The van der Waals surface area contributed by atoms with Crippen LogP contribution in [-0.2, 0) is 14.4 Å². The molecule has 0 unspecified atom stereocenters. The first-order valence-corrected chi connectivity index (χ1v) is 8.27. The van der Waals surface area contributed by atoms with E-state index in [-0.39, 0.29) is 11.4 Å². The summed E-state index contributed by atoms with van der Waals surface area (Å²) in [6.07, 6.45) is -1.03. The fourth-order valence-corrected chi connectivity index (χ4v) is 3.28. The molecule has 4 rings (SSSR count). The number of nitrogens with zero attached hydrogens (tertiary/aromatic N) is 1. The number of Topliss-reactive ketones (excluding diaryl/α,β-unsaturated/α-hetero) is 1. The van der Waals surface area contributed by atoms with Crippen LogP contribution in [0.4, 0.5) is 5.69 Å². The van der Waals surface area contributed by atoms with Crippen molar-refractivity contribution in [2.24, 2.45) is 0 Å². The van der Waals surface area contributed by atoms with Gasteiger partial charge in [-0.1, -0.05) is 29.8 Å². The first-order valence-electron chi connectivity index (χ1n) is 7.89. The van der Waals surface area contributed by atoms with Gasteiger partial charge >= 0.3 is 0 Å². The Kier molecular flexibility index (Phi) is 3.86. The van der Waals surface area contributed by atoms with E-state index in [0.717, 1.165) is 4.90 Å². The molecule has 2 amide bonds. The smallest absolute Gasteiger partial charge is 0.270 e. The molecule has 0 bridgehead atoms. The average molecular weight is 369 g/mol. The number of amides is 2. The second-order valence-corrected chi connectivity index (χ2v) is 6.36. The Morgan fingerprint density at radius 3 is 2.46 bits per heavy atom. The summed E-state index contributed by atoms with van der Waals surface area (Å²) in [4.78, 5) is 43.4. The van der Waals surface area contributed by atoms with E-state index >= 15 is 0 Å². The highest BCUT2D eigenvalue weighted by atomic mass is 35.5. The molecule has 0 saturated carbocycles. The zero-order valence-electron chi connectivity index (χ0n) is 13.7. The highest BCUT2D eigenvalue weighted by molar-refractivity contribution is 6.35. The van der Waals surface area contributed by atoms with E-state index < -0.39 is 17.9 Å². The third-order valence-corrected chi connectivity index (χ3v) is 4.69. The maximum atomic E-state index is 12.9. The molecule has 1 N–H and O–H groups in total. The lowest BCUT2D eigenvalue weighted by Gasteiger charge is -2.16. The molecule has 1 fully saturated rings. The highest BCUT2D eigenvalue weighted by Crippen LogP contribution is 2.37. The lowest BCUT2D eigenvalue weighted by atomic mass is 10.0. The van der Waals surface area contributed by atoms with E-state index in [0.29, 0.717) is 27.5 Å². The number of rotatable bonds is 3. The van der Waals surface area contributed by atoms with Crippen molar-refractivity contribution in [1.82, 2.24) is 5.48 Å². The number of ketones is 1. The number of anilines is 1. The first-order chi connectivity index (χ1) is 12.5. The molecule has 130 valence electrons. The topological polar surface area (TPSA) is 75.7 Å². The fourth-order valence-electron chi connectivity index (χ4n) is 3.05. The summed E-state index contributed by atoms with van der Waals surface area (Å²) in [7, 11) is 0. The second-order valence-electron chi connectivity index (χ2n) is 5.95. The number of halogens is 1. The quantitative estimate of drug-likeness (QED) is 0.666. The normalized spacial score (nSPS) is 19.0. The Morgan fingerprint density at radius 2 is 1.81 bits per heavy atom. The van der Waals surface area contributed by atoms with E-state index in [2.05, 4.69) is 5.48 Å². The molecule has 0 radical (unpaired) electrons. The molecular formula is C19H13ClN2O4. The van der Waals surface area contributed by atoms with Gasteiger partial charge in [0.05, 0.1) is 17.0 Å². The minimum absolute atomic E-state index is 0.0938. The molecule has 6 nitrogen and oxygen atoms in total. The Bertz CT molecular complexity index is 981. The molecule has 2 aromatic rings. The zero-order valence-corrected chi connectivity index (χ0v) is 14.4. The van der Waals surface area contributed by atoms with Crippen LogP contribution >= 0.6 is 11.6 Å². The van der Waals surface area contributed by atoms with Crippen LogP contribution in [0.25, 0.3) is 5.70 Å². The van der Waals surface area contributed by atoms with Gasteiger partial charge in [-0.2, -0.15) is 0 Å². The number of carbonyl (C=O) groups excluding carboxylic acids is 3. The Morgan fingerprint density at radius 1 is 1.12 bits per heavy atom. The number of benzene rings is 2. The predicted molar refractivity (Wildman–Crippen MR) is 95.3 cm³/mol. The highest BCUT2D eigenvalue weighted by Gasteiger charge is 2.50. The van der Waals surface area contributed by atoms with Gasteiger partial charge in [-0.25, -0.2) is 4.90 Å². The fraction of sp³-hybridized carbons (Fsp3) is 0.105. The molecule has 2 heterocycles. The summed E-state index contributed by atoms with van der Waals surface area (Å²) < 4.78 is 0. The Balaban J connectivity index is 1.77. The van der Waals surface area contributed by atoms with Crippen LogP contribution in [0.5, 0.6) is 0 Å².